The summed E-state index contributed by atoms with van der Waals surface area (Å²) in [7, 11) is 0. The fourth-order valence-electron chi connectivity index (χ4n) is 0.449. The van der Waals surface area contributed by atoms with E-state index in [1.54, 1.807) is 0 Å². The maximum absolute atomic E-state index is 2.00. The fourth-order valence-corrected chi connectivity index (χ4v) is 0.449. The normalized spacial score (nSPS) is 7.00. The minimum Gasteiger partial charge on any atom is -1.00 e. The molecule has 0 unspecified atom stereocenters. The van der Waals surface area contributed by atoms with E-state index in [1.165, 1.54) is 0 Å². The second kappa shape index (κ2) is 4.72. The van der Waals surface area contributed by atoms with E-state index in [0.717, 1.165) is 0 Å². The molecule has 0 aliphatic heterocycles. The molecular formula is C7H7Br. The quantitative estimate of drug-likeness (QED) is 0.438. The molecule has 0 aliphatic carbocycles. The van der Waals surface area contributed by atoms with Crippen molar-refractivity contribution in [3.05, 3.63) is 42.5 Å². The van der Waals surface area contributed by atoms with Gasteiger partial charge in [0.15, 0.2) is 0 Å². The van der Waals surface area contributed by atoms with Gasteiger partial charge in [-0.05, 0) is 0 Å². The minimum atomic E-state index is 0. The summed E-state index contributed by atoms with van der Waals surface area (Å²) in [6.45, 7) is 0. The first-order chi connectivity index (χ1) is 3.50. The predicted molar refractivity (Wildman–Crippen MR) is 30.8 cm³/mol. The molecule has 0 N–H and O–H groups in total. The molecule has 1 rings (SSSR count). The van der Waals surface area contributed by atoms with Crippen LogP contribution in [0.3, 0.4) is 0 Å². The Morgan fingerprint density at radius 2 is 1.25 bits per heavy atom. The molecule has 0 aromatic heterocycles. The molecule has 0 fully saturated rings. The van der Waals surface area contributed by atoms with E-state index in [1.807, 2.05) is 42.5 Å². The molecule has 0 aliphatic rings. The molecular weight excluding hydrogens is 164 g/mol. The van der Waals surface area contributed by atoms with Gasteiger partial charge in [-0.25, -0.2) is 0 Å². The van der Waals surface area contributed by atoms with E-state index < -0.39 is 0 Å². The van der Waals surface area contributed by atoms with Crippen LogP contribution in [0.25, 0.3) is 0 Å². The summed E-state index contributed by atoms with van der Waals surface area (Å²) >= 11 is 0. The highest BCUT2D eigenvalue weighted by atomic mass is 79.9. The maximum atomic E-state index is 2.00. The number of hydrogen-bond donors (Lipinski definition) is 0. The van der Waals surface area contributed by atoms with Gasteiger partial charge in [0.25, 0.3) is 0 Å². The van der Waals surface area contributed by atoms with Crippen molar-refractivity contribution >= 4 is 0 Å². The minimum absolute atomic E-state index is 0. The molecule has 8 heavy (non-hydrogen) atoms. The predicted octanol–water partition coefficient (Wildman–Crippen LogP) is -1.03. The van der Waals surface area contributed by atoms with Crippen LogP contribution in [0, 0.1) is 0 Å². The van der Waals surface area contributed by atoms with Crippen molar-refractivity contribution in [2.75, 3.05) is 0 Å². The van der Waals surface area contributed by atoms with Crippen molar-refractivity contribution in [2.24, 2.45) is 0 Å². The van der Waals surface area contributed by atoms with Gasteiger partial charge >= 0.3 is 0 Å². The fraction of sp³-hybridized carbons (Fsp3) is 0. The lowest BCUT2D eigenvalue weighted by molar-refractivity contribution is -0.00000140. The van der Waals surface area contributed by atoms with Crippen LogP contribution in [0.5, 0.6) is 0 Å². The Morgan fingerprint density at radius 1 is 0.750 bits per heavy atom. The van der Waals surface area contributed by atoms with Crippen molar-refractivity contribution in [3.63, 3.8) is 0 Å². The lowest BCUT2D eigenvalue weighted by Crippen LogP contribution is -3.00. The third-order valence-corrected chi connectivity index (χ3v) is 0.778. The monoisotopic (exact) mass is 170 g/mol. The van der Waals surface area contributed by atoms with Gasteiger partial charge in [-0.3, -0.25) is 0 Å². The van der Waals surface area contributed by atoms with E-state index >= 15 is 0 Å². The SMILES string of the molecule is [Br-].c1ccc[cH+]cc1. The van der Waals surface area contributed by atoms with Crippen LogP contribution < -0.4 is 17.0 Å². The highest BCUT2D eigenvalue weighted by Crippen LogP contribution is 1.80. The zero-order valence-corrected chi connectivity index (χ0v) is 6.01. The molecule has 0 saturated heterocycles. The summed E-state index contributed by atoms with van der Waals surface area (Å²) < 4.78 is 0. The summed E-state index contributed by atoms with van der Waals surface area (Å²) in [5, 5.41) is 0. The van der Waals surface area contributed by atoms with Gasteiger partial charge in [0.05, 0.1) is 0 Å². The van der Waals surface area contributed by atoms with Gasteiger partial charge in [0, 0.05) is 42.5 Å². The highest BCUT2D eigenvalue weighted by Gasteiger charge is 1.67. The van der Waals surface area contributed by atoms with Gasteiger partial charge in [-0.2, -0.15) is 0 Å². The zero-order chi connectivity index (χ0) is 4.95. The Bertz CT molecular complexity index is 92.4. The average Bonchev–Trinajstić information content (AvgIpc) is 1.90. The largest absolute Gasteiger partial charge is 1.00 e. The highest BCUT2D eigenvalue weighted by molar-refractivity contribution is 4.99. The van der Waals surface area contributed by atoms with Gasteiger partial charge < -0.3 is 17.0 Å². The summed E-state index contributed by atoms with van der Waals surface area (Å²) in [5.41, 5.74) is 0. The Hall–Kier alpha value is -0.430. The molecule has 42 valence electrons. The van der Waals surface area contributed by atoms with Gasteiger partial charge in [0.2, 0.25) is 0 Å². The summed E-state index contributed by atoms with van der Waals surface area (Å²) in [4.78, 5) is 0. The van der Waals surface area contributed by atoms with Gasteiger partial charge in [-0.15, -0.1) is 0 Å². The Kier molecular flexibility index (Phi) is 4.47. The standard InChI is InChI=1S/C7H7.BrH/c1-2-4-6-7-5-3-1;/h1-7H;1H/q+1;/p-1. The summed E-state index contributed by atoms with van der Waals surface area (Å²) in [5.74, 6) is 0. The van der Waals surface area contributed by atoms with Crippen molar-refractivity contribution in [2.45, 2.75) is 0 Å². The van der Waals surface area contributed by atoms with Gasteiger partial charge in [0.1, 0.15) is 0 Å². The smallest absolute Gasteiger partial charge is 0.0467 e. The van der Waals surface area contributed by atoms with Crippen LogP contribution in [0.15, 0.2) is 42.5 Å². The van der Waals surface area contributed by atoms with Crippen molar-refractivity contribution in [3.8, 4) is 0 Å². The van der Waals surface area contributed by atoms with Crippen molar-refractivity contribution < 1.29 is 17.0 Å². The lowest BCUT2D eigenvalue weighted by Gasteiger charge is -1.45. The molecule has 0 heterocycles. The first kappa shape index (κ1) is 7.57. The van der Waals surface area contributed by atoms with E-state index in [0.29, 0.717) is 0 Å². The van der Waals surface area contributed by atoms with Crippen LogP contribution in [0.4, 0.5) is 0 Å². The van der Waals surface area contributed by atoms with Crippen LogP contribution >= 0.6 is 0 Å². The lowest BCUT2D eigenvalue weighted by atomic mass is 10.5. The van der Waals surface area contributed by atoms with Crippen molar-refractivity contribution in [1.82, 2.24) is 0 Å². The summed E-state index contributed by atoms with van der Waals surface area (Å²) in [6.07, 6.45) is 0. The van der Waals surface area contributed by atoms with Crippen LogP contribution in [0.1, 0.15) is 0 Å². The Morgan fingerprint density at radius 3 is 1.75 bits per heavy atom. The van der Waals surface area contributed by atoms with E-state index in [-0.39, 0.29) is 17.0 Å². The third kappa shape index (κ3) is 2.69. The molecule has 0 radical (unpaired) electrons. The zero-order valence-electron chi connectivity index (χ0n) is 4.42. The molecule has 0 atom stereocenters. The van der Waals surface area contributed by atoms with E-state index in [2.05, 4.69) is 0 Å². The molecule has 0 bridgehead atoms. The second-order valence-electron chi connectivity index (χ2n) is 1.35. The average molecular weight is 171 g/mol. The Balaban J connectivity index is 0.000000490. The number of halogens is 1. The molecule has 1 heteroatoms. The molecule has 0 spiro atoms. The maximum Gasteiger partial charge on any atom is 0.0467 e. The first-order valence-electron chi connectivity index (χ1n) is 2.33. The van der Waals surface area contributed by atoms with E-state index in [9.17, 15) is 0 Å². The number of rotatable bonds is 0. The summed E-state index contributed by atoms with van der Waals surface area (Å²) in [6, 6.07) is 14.0. The Labute approximate surface area is 60.0 Å². The number of hydrogen-bond acceptors (Lipinski definition) is 0. The molecule has 0 nitrogen and oxygen atoms in total. The third-order valence-electron chi connectivity index (χ3n) is 0.778. The first-order valence-corrected chi connectivity index (χ1v) is 2.33. The second-order valence-corrected chi connectivity index (χ2v) is 1.35. The molecule has 1 aromatic rings. The topological polar surface area (TPSA) is 0 Å². The molecule has 0 saturated carbocycles. The van der Waals surface area contributed by atoms with Crippen LogP contribution in [-0.4, -0.2) is 0 Å². The van der Waals surface area contributed by atoms with Gasteiger partial charge in [-0.1, -0.05) is 0 Å². The van der Waals surface area contributed by atoms with Crippen LogP contribution in [0.2, 0.25) is 0 Å². The molecule has 0 amide bonds. The van der Waals surface area contributed by atoms with Crippen LogP contribution in [-0.2, 0) is 0 Å². The molecule has 1 aromatic carbocycles. The van der Waals surface area contributed by atoms with Crippen molar-refractivity contribution in [1.29, 1.82) is 0 Å². The van der Waals surface area contributed by atoms with E-state index in [4.69, 9.17) is 0 Å².